The third-order valence-corrected chi connectivity index (χ3v) is 2.87. The summed E-state index contributed by atoms with van der Waals surface area (Å²) in [5.74, 6) is -0.467. The van der Waals surface area contributed by atoms with Crippen LogP contribution in [-0.2, 0) is 11.3 Å². The molecule has 0 saturated heterocycles. The molecule has 0 atom stereocenters. The average Bonchev–Trinajstić information content (AvgIpc) is 2.99. The maximum Gasteiger partial charge on any atom is 0.254 e. The Morgan fingerprint density at radius 1 is 1.20 bits per heavy atom. The minimum absolute atomic E-state index is 0.0344. The van der Waals surface area contributed by atoms with Crippen LogP contribution in [0.5, 0.6) is 0 Å². The van der Waals surface area contributed by atoms with Crippen molar-refractivity contribution in [3.05, 3.63) is 60.1 Å². The number of nitrogens with zero attached hydrogens (tertiary/aromatic N) is 1. The number of furan rings is 1. The number of likely N-dealkylation sites (N-methyl/N-ethyl adjacent to an activating group) is 1. The van der Waals surface area contributed by atoms with Gasteiger partial charge in [0, 0.05) is 13.6 Å². The molecule has 0 unspecified atom stereocenters. The van der Waals surface area contributed by atoms with Crippen molar-refractivity contribution in [1.29, 1.82) is 0 Å². The minimum atomic E-state index is -0.319. The fourth-order valence-corrected chi connectivity index (χ4v) is 1.73. The molecular formula is C15H16N2O3. The largest absolute Gasteiger partial charge is 0.472 e. The highest BCUT2D eigenvalue weighted by Crippen LogP contribution is 2.03. The Morgan fingerprint density at radius 2 is 1.95 bits per heavy atom. The van der Waals surface area contributed by atoms with E-state index in [9.17, 15) is 9.59 Å². The smallest absolute Gasteiger partial charge is 0.254 e. The summed E-state index contributed by atoms with van der Waals surface area (Å²) in [5.41, 5.74) is 1.45. The molecule has 1 aromatic carbocycles. The molecule has 0 fully saturated rings. The van der Waals surface area contributed by atoms with E-state index in [1.807, 2.05) is 30.3 Å². The normalized spacial score (nSPS) is 10.1. The van der Waals surface area contributed by atoms with Crippen LogP contribution in [0.15, 0.2) is 53.3 Å². The Bertz CT molecular complexity index is 564. The molecule has 2 amide bonds. The van der Waals surface area contributed by atoms with Crippen molar-refractivity contribution in [2.75, 3.05) is 13.6 Å². The first-order valence-electron chi connectivity index (χ1n) is 6.25. The lowest BCUT2D eigenvalue weighted by molar-refractivity contribution is -0.129. The second-order valence-electron chi connectivity index (χ2n) is 4.43. The second kappa shape index (κ2) is 6.56. The van der Waals surface area contributed by atoms with Gasteiger partial charge in [-0.1, -0.05) is 30.3 Å². The van der Waals surface area contributed by atoms with Crippen LogP contribution in [0.1, 0.15) is 15.9 Å². The third-order valence-electron chi connectivity index (χ3n) is 2.87. The molecule has 2 rings (SSSR count). The maximum atomic E-state index is 11.9. The summed E-state index contributed by atoms with van der Waals surface area (Å²) in [5, 5.41) is 2.56. The summed E-state index contributed by atoms with van der Waals surface area (Å²) in [6, 6.07) is 11.2. The first-order chi connectivity index (χ1) is 9.66. The molecule has 0 aliphatic rings. The number of carbonyl (C=O) groups is 2. The van der Waals surface area contributed by atoms with E-state index in [1.165, 1.54) is 12.5 Å². The van der Waals surface area contributed by atoms with Crippen LogP contribution in [0.2, 0.25) is 0 Å². The van der Waals surface area contributed by atoms with Gasteiger partial charge in [0.2, 0.25) is 5.91 Å². The van der Waals surface area contributed by atoms with Gasteiger partial charge in [0.15, 0.2) is 0 Å². The highest BCUT2D eigenvalue weighted by Gasteiger charge is 2.12. The van der Waals surface area contributed by atoms with Gasteiger partial charge in [0.1, 0.15) is 6.26 Å². The molecule has 104 valence electrons. The van der Waals surface area contributed by atoms with Crippen molar-refractivity contribution < 1.29 is 14.0 Å². The molecule has 1 aromatic heterocycles. The Kier molecular flexibility index (Phi) is 4.55. The van der Waals surface area contributed by atoms with Crippen molar-refractivity contribution in [3.63, 3.8) is 0 Å². The number of benzene rings is 1. The first-order valence-corrected chi connectivity index (χ1v) is 6.25. The molecule has 20 heavy (non-hydrogen) atoms. The molecule has 1 heterocycles. The fraction of sp³-hybridized carbons (Fsp3) is 0.200. The van der Waals surface area contributed by atoms with E-state index in [4.69, 9.17) is 4.42 Å². The number of hydrogen-bond donors (Lipinski definition) is 1. The monoisotopic (exact) mass is 272 g/mol. The zero-order chi connectivity index (χ0) is 14.4. The summed E-state index contributed by atoms with van der Waals surface area (Å²) in [6.07, 6.45) is 2.76. The molecule has 2 aromatic rings. The molecule has 5 nitrogen and oxygen atoms in total. The molecule has 0 aliphatic carbocycles. The van der Waals surface area contributed by atoms with Gasteiger partial charge in [-0.25, -0.2) is 0 Å². The third kappa shape index (κ3) is 3.71. The van der Waals surface area contributed by atoms with Crippen LogP contribution in [-0.4, -0.2) is 30.3 Å². The van der Waals surface area contributed by atoms with E-state index >= 15 is 0 Å². The van der Waals surface area contributed by atoms with Crippen molar-refractivity contribution in [2.45, 2.75) is 6.54 Å². The van der Waals surface area contributed by atoms with Crippen LogP contribution in [0.25, 0.3) is 0 Å². The van der Waals surface area contributed by atoms with E-state index in [1.54, 1.807) is 18.0 Å². The van der Waals surface area contributed by atoms with Crippen LogP contribution in [0.4, 0.5) is 0 Å². The molecular weight excluding hydrogens is 256 g/mol. The maximum absolute atomic E-state index is 11.9. The van der Waals surface area contributed by atoms with Gasteiger partial charge in [-0.15, -0.1) is 0 Å². The topological polar surface area (TPSA) is 62.6 Å². The van der Waals surface area contributed by atoms with Gasteiger partial charge in [0.25, 0.3) is 5.91 Å². The lowest BCUT2D eigenvalue weighted by atomic mass is 10.2. The minimum Gasteiger partial charge on any atom is -0.472 e. The molecule has 1 N–H and O–H groups in total. The van der Waals surface area contributed by atoms with Gasteiger partial charge in [0.05, 0.1) is 18.4 Å². The molecule has 0 saturated carbocycles. The van der Waals surface area contributed by atoms with Crippen LogP contribution >= 0.6 is 0 Å². The number of hydrogen-bond acceptors (Lipinski definition) is 3. The Morgan fingerprint density at radius 3 is 2.60 bits per heavy atom. The predicted molar refractivity (Wildman–Crippen MR) is 74.0 cm³/mol. The summed E-state index contributed by atoms with van der Waals surface area (Å²) in [6.45, 7) is 0.481. The number of rotatable bonds is 5. The average molecular weight is 272 g/mol. The second-order valence-corrected chi connectivity index (χ2v) is 4.43. The highest BCUT2D eigenvalue weighted by molar-refractivity contribution is 5.96. The predicted octanol–water partition coefficient (Wildman–Crippen LogP) is 1.67. The standard InChI is InChI=1S/C15H16N2O3/c1-17(10-12-5-3-2-4-6-12)14(18)9-16-15(19)13-7-8-20-11-13/h2-8,11H,9-10H2,1H3,(H,16,19). The summed E-state index contributed by atoms with van der Waals surface area (Å²) >= 11 is 0. The van der Waals surface area contributed by atoms with Crippen LogP contribution in [0, 0.1) is 0 Å². The fourth-order valence-electron chi connectivity index (χ4n) is 1.73. The van der Waals surface area contributed by atoms with Crippen molar-refractivity contribution in [1.82, 2.24) is 10.2 Å². The van der Waals surface area contributed by atoms with Crippen molar-refractivity contribution >= 4 is 11.8 Å². The lowest BCUT2D eigenvalue weighted by Crippen LogP contribution is -2.37. The van der Waals surface area contributed by atoms with Crippen LogP contribution < -0.4 is 5.32 Å². The van der Waals surface area contributed by atoms with Crippen molar-refractivity contribution in [3.8, 4) is 0 Å². The summed E-state index contributed by atoms with van der Waals surface area (Å²) in [7, 11) is 1.71. The van der Waals surface area contributed by atoms with E-state index in [2.05, 4.69) is 5.32 Å². The van der Waals surface area contributed by atoms with Gasteiger partial charge >= 0.3 is 0 Å². The highest BCUT2D eigenvalue weighted by atomic mass is 16.3. The molecule has 0 bridgehead atoms. The SMILES string of the molecule is CN(Cc1ccccc1)C(=O)CNC(=O)c1ccoc1. The van der Waals surface area contributed by atoms with Crippen LogP contribution in [0.3, 0.4) is 0 Å². The van der Waals surface area contributed by atoms with Gasteiger partial charge in [-0.2, -0.15) is 0 Å². The Hall–Kier alpha value is -2.56. The van der Waals surface area contributed by atoms with E-state index in [0.717, 1.165) is 5.56 Å². The molecule has 0 radical (unpaired) electrons. The van der Waals surface area contributed by atoms with Gasteiger partial charge < -0.3 is 14.6 Å². The summed E-state index contributed by atoms with van der Waals surface area (Å²) < 4.78 is 4.81. The zero-order valence-corrected chi connectivity index (χ0v) is 11.2. The Balaban J connectivity index is 1.81. The van der Waals surface area contributed by atoms with E-state index < -0.39 is 0 Å². The van der Waals surface area contributed by atoms with E-state index in [0.29, 0.717) is 12.1 Å². The van der Waals surface area contributed by atoms with Gasteiger partial charge in [-0.05, 0) is 11.6 Å². The van der Waals surface area contributed by atoms with Gasteiger partial charge in [-0.3, -0.25) is 9.59 Å². The number of nitrogens with one attached hydrogen (secondary N) is 1. The zero-order valence-electron chi connectivity index (χ0n) is 11.2. The quantitative estimate of drug-likeness (QED) is 0.900. The lowest BCUT2D eigenvalue weighted by Gasteiger charge is -2.17. The van der Waals surface area contributed by atoms with E-state index in [-0.39, 0.29) is 18.4 Å². The summed E-state index contributed by atoms with van der Waals surface area (Å²) in [4.78, 5) is 25.1. The molecule has 0 aliphatic heterocycles. The van der Waals surface area contributed by atoms with Crippen molar-refractivity contribution in [2.24, 2.45) is 0 Å². The molecule has 5 heteroatoms. The number of carbonyl (C=O) groups excluding carboxylic acids is 2. The molecule has 0 spiro atoms. The Labute approximate surface area is 117 Å². The first kappa shape index (κ1) is 13.9. The number of amides is 2.